The average Bonchev–Trinajstić information content (AvgIpc) is 2.61. The minimum atomic E-state index is 0.128. The standard InChI is InChI=1S/C22H31N3O2/c26-20-4-2-1-3-19(20)25-7-5-24(6-8-25)15-21(27)23-22-12-16-9-17(13-22)11-18(10-16)14-22/h1-4,16-18,26H,5-15H2,(H,23,27)/p+1. The van der Waals surface area contributed by atoms with Crippen LogP contribution in [-0.2, 0) is 4.79 Å². The normalized spacial score (nSPS) is 35.4. The van der Waals surface area contributed by atoms with Gasteiger partial charge in [0.25, 0.3) is 5.91 Å². The maximum atomic E-state index is 12.8. The summed E-state index contributed by atoms with van der Waals surface area (Å²) in [5, 5.41) is 13.6. The van der Waals surface area contributed by atoms with Gasteiger partial charge in [0.05, 0.1) is 31.9 Å². The van der Waals surface area contributed by atoms with E-state index in [4.69, 9.17) is 0 Å². The molecule has 4 saturated carbocycles. The van der Waals surface area contributed by atoms with Gasteiger partial charge >= 0.3 is 0 Å². The molecule has 1 heterocycles. The van der Waals surface area contributed by atoms with E-state index in [0.29, 0.717) is 12.3 Å². The zero-order chi connectivity index (χ0) is 18.4. The molecule has 0 atom stereocenters. The van der Waals surface area contributed by atoms with Crippen LogP contribution in [0, 0.1) is 17.8 Å². The van der Waals surface area contributed by atoms with Crippen LogP contribution in [0.4, 0.5) is 5.69 Å². The predicted molar refractivity (Wildman–Crippen MR) is 105 cm³/mol. The SMILES string of the molecule is O=C(C[NH+]1CCN(c2ccccc2O)CC1)NC12CC3CC(CC(C3)C1)C2. The van der Waals surface area contributed by atoms with E-state index < -0.39 is 0 Å². The smallest absolute Gasteiger partial charge is 0.275 e. The number of nitrogens with one attached hydrogen (secondary N) is 2. The number of quaternary nitrogens is 1. The average molecular weight is 371 g/mol. The lowest BCUT2D eigenvalue weighted by molar-refractivity contribution is -0.892. The van der Waals surface area contributed by atoms with Crippen molar-refractivity contribution in [1.82, 2.24) is 5.32 Å². The molecule has 0 unspecified atom stereocenters. The topological polar surface area (TPSA) is 57.0 Å². The number of para-hydroxylation sites is 2. The van der Waals surface area contributed by atoms with Gasteiger partial charge in [-0.25, -0.2) is 0 Å². The van der Waals surface area contributed by atoms with Gasteiger partial charge in [0.1, 0.15) is 5.75 Å². The van der Waals surface area contributed by atoms with Crippen molar-refractivity contribution in [2.45, 2.75) is 44.1 Å². The van der Waals surface area contributed by atoms with Gasteiger partial charge in [-0.2, -0.15) is 0 Å². The number of phenols is 1. The van der Waals surface area contributed by atoms with Crippen LogP contribution in [0.25, 0.3) is 0 Å². The Kier molecular flexibility index (Phi) is 4.30. The lowest BCUT2D eigenvalue weighted by Gasteiger charge is -2.56. The van der Waals surface area contributed by atoms with E-state index >= 15 is 0 Å². The molecular weight excluding hydrogens is 338 g/mol. The third-order valence-corrected chi connectivity index (χ3v) is 7.55. The summed E-state index contributed by atoms with van der Waals surface area (Å²) in [7, 11) is 0. The lowest BCUT2D eigenvalue weighted by atomic mass is 9.53. The summed E-state index contributed by atoms with van der Waals surface area (Å²) < 4.78 is 0. The molecule has 1 amide bonds. The Hall–Kier alpha value is -1.75. The van der Waals surface area contributed by atoms with Gasteiger partial charge in [-0.05, 0) is 68.4 Å². The van der Waals surface area contributed by atoms with Gasteiger partial charge in [-0.1, -0.05) is 12.1 Å². The lowest BCUT2D eigenvalue weighted by Crippen LogP contribution is -3.16. The molecule has 146 valence electrons. The predicted octanol–water partition coefficient (Wildman–Crippen LogP) is 1.18. The maximum Gasteiger partial charge on any atom is 0.275 e. The summed E-state index contributed by atoms with van der Waals surface area (Å²) in [6.45, 7) is 4.26. The van der Waals surface area contributed by atoms with Crippen molar-refractivity contribution < 1.29 is 14.8 Å². The largest absolute Gasteiger partial charge is 0.506 e. The van der Waals surface area contributed by atoms with Crippen LogP contribution in [-0.4, -0.2) is 49.3 Å². The Balaban J connectivity index is 1.14. The number of carbonyl (C=O) groups excluding carboxylic acids is 1. The first-order valence-corrected chi connectivity index (χ1v) is 10.8. The fourth-order valence-electron chi connectivity index (χ4n) is 6.80. The minimum absolute atomic E-state index is 0.128. The van der Waals surface area contributed by atoms with Crippen LogP contribution in [0.15, 0.2) is 24.3 Å². The Morgan fingerprint density at radius 1 is 1.07 bits per heavy atom. The molecule has 27 heavy (non-hydrogen) atoms. The highest BCUT2D eigenvalue weighted by molar-refractivity contribution is 5.77. The molecule has 0 spiro atoms. The Morgan fingerprint density at radius 3 is 2.26 bits per heavy atom. The van der Waals surface area contributed by atoms with Gasteiger partial charge < -0.3 is 20.2 Å². The second-order valence-corrected chi connectivity index (χ2v) is 9.65. The van der Waals surface area contributed by atoms with Crippen molar-refractivity contribution in [3.05, 3.63) is 24.3 Å². The number of nitrogens with zero attached hydrogens (tertiary/aromatic N) is 1. The molecule has 1 aromatic carbocycles. The molecule has 4 bridgehead atoms. The Morgan fingerprint density at radius 2 is 1.67 bits per heavy atom. The van der Waals surface area contributed by atoms with Gasteiger partial charge in [0.15, 0.2) is 6.54 Å². The third-order valence-electron chi connectivity index (χ3n) is 7.55. The molecule has 1 aliphatic heterocycles. The van der Waals surface area contributed by atoms with E-state index in [1.807, 2.05) is 18.2 Å². The number of hydrogen-bond donors (Lipinski definition) is 3. The highest BCUT2D eigenvalue weighted by Gasteiger charge is 2.51. The Labute approximate surface area is 161 Å². The molecule has 4 aliphatic carbocycles. The number of rotatable bonds is 4. The van der Waals surface area contributed by atoms with Crippen molar-refractivity contribution in [3.63, 3.8) is 0 Å². The third kappa shape index (κ3) is 3.42. The van der Waals surface area contributed by atoms with Gasteiger partial charge in [0, 0.05) is 5.54 Å². The summed E-state index contributed by atoms with van der Waals surface area (Å²) in [6, 6.07) is 7.54. The summed E-state index contributed by atoms with van der Waals surface area (Å²) >= 11 is 0. The molecule has 0 radical (unpaired) electrons. The molecule has 3 N–H and O–H groups in total. The van der Waals surface area contributed by atoms with E-state index in [0.717, 1.165) is 49.6 Å². The fourth-order valence-corrected chi connectivity index (χ4v) is 6.80. The molecule has 5 aliphatic rings. The number of phenolic OH excluding ortho intramolecular Hbond substituents is 1. The first-order chi connectivity index (χ1) is 13.1. The van der Waals surface area contributed by atoms with Gasteiger partial charge in [-0.3, -0.25) is 4.79 Å². The highest BCUT2D eigenvalue weighted by atomic mass is 16.3. The van der Waals surface area contributed by atoms with E-state index in [1.54, 1.807) is 6.07 Å². The minimum Gasteiger partial charge on any atom is -0.506 e. The van der Waals surface area contributed by atoms with Crippen LogP contribution < -0.4 is 15.1 Å². The number of hydrogen-bond acceptors (Lipinski definition) is 3. The highest BCUT2D eigenvalue weighted by Crippen LogP contribution is 2.55. The Bertz CT molecular complexity index is 676. The van der Waals surface area contributed by atoms with Crippen molar-refractivity contribution in [2.24, 2.45) is 17.8 Å². The van der Waals surface area contributed by atoms with E-state index in [2.05, 4.69) is 10.2 Å². The van der Waals surface area contributed by atoms with E-state index in [-0.39, 0.29) is 11.4 Å². The molecule has 5 heteroatoms. The second-order valence-electron chi connectivity index (χ2n) is 9.65. The number of benzene rings is 1. The number of aromatic hydroxyl groups is 1. The second kappa shape index (κ2) is 6.69. The summed E-state index contributed by atoms with van der Waals surface area (Å²) in [5.74, 6) is 3.20. The first kappa shape index (κ1) is 17.4. The molecule has 5 nitrogen and oxygen atoms in total. The molecule has 6 rings (SSSR count). The molecule has 5 fully saturated rings. The summed E-state index contributed by atoms with van der Waals surface area (Å²) in [5.41, 5.74) is 1.04. The molecule has 0 aromatic heterocycles. The van der Waals surface area contributed by atoms with Crippen LogP contribution >= 0.6 is 0 Å². The maximum absolute atomic E-state index is 12.8. The van der Waals surface area contributed by atoms with Crippen molar-refractivity contribution in [3.8, 4) is 5.75 Å². The van der Waals surface area contributed by atoms with Crippen LogP contribution in [0.3, 0.4) is 0 Å². The number of amides is 1. The van der Waals surface area contributed by atoms with Gasteiger partial charge in [0.2, 0.25) is 0 Å². The summed E-state index contributed by atoms with van der Waals surface area (Å²) in [4.78, 5) is 16.4. The number of carbonyl (C=O) groups is 1. The summed E-state index contributed by atoms with van der Waals surface area (Å²) in [6.07, 6.45) is 7.90. The van der Waals surface area contributed by atoms with Crippen molar-refractivity contribution in [1.29, 1.82) is 0 Å². The van der Waals surface area contributed by atoms with Crippen molar-refractivity contribution in [2.75, 3.05) is 37.6 Å². The van der Waals surface area contributed by atoms with Crippen LogP contribution in [0.2, 0.25) is 0 Å². The fraction of sp³-hybridized carbons (Fsp3) is 0.682. The monoisotopic (exact) mass is 370 g/mol. The zero-order valence-corrected chi connectivity index (χ0v) is 16.1. The first-order valence-electron chi connectivity index (χ1n) is 10.8. The van der Waals surface area contributed by atoms with Gasteiger partial charge in [-0.15, -0.1) is 0 Å². The number of anilines is 1. The van der Waals surface area contributed by atoms with Crippen LogP contribution in [0.5, 0.6) is 5.75 Å². The van der Waals surface area contributed by atoms with Crippen LogP contribution in [0.1, 0.15) is 38.5 Å². The quantitative estimate of drug-likeness (QED) is 0.746. The van der Waals surface area contributed by atoms with Crippen molar-refractivity contribution >= 4 is 11.6 Å². The molecule has 1 saturated heterocycles. The number of piperazine rings is 1. The van der Waals surface area contributed by atoms with E-state index in [9.17, 15) is 9.90 Å². The van der Waals surface area contributed by atoms with E-state index in [1.165, 1.54) is 43.4 Å². The molecule has 1 aromatic rings. The zero-order valence-electron chi connectivity index (χ0n) is 16.1. The molecular formula is C22H32N3O2+.